The third-order valence-electron chi connectivity index (χ3n) is 4.87. The van der Waals surface area contributed by atoms with E-state index in [1.807, 2.05) is 13.0 Å². The summed E-state index contributed by atoms with van der Waals surface area (Å²) in [7, 11) is 0. The number of amides is 2. The Hall–Kier alpha value is -3.52. The minimum Gasteiger partial charge on any atom is -0.392 e. The lowest BCUT2D eigenvalue weighted by Crippen LogP contribution is -2.28. The van der Waals surface area contributed by atoms with Crippen molar-refractivity contribution in [2.45, 2.75) is 26.0 Å². The Labute approximate surface area is 161 Å². The van der Waals surface area contributed by atoms with E-state index in [4.69, 9.17) is 5.73 Å². The van der Waals surface area contributed by atoms with Gasteiger partial charge in [0, 0.05) is 23.5 Å². The molecule has 0 aliphatic carbocycles. The number of carbonyl (C=O) groups is 2. The first kappa shape index (κ1) is 17.9. The van der Waals surface area contributed by atoms with Crippen LogP contribution in [0.25, 0.3) is 5.69 Å². The molecule has 4 rings (SSSR count). The van der Waals surface area contributed by atoms with E-state index in [1.165, 1.54) is 0 Å². The second kappa shape index (κ2) is 6.90. The van der Waals surface area contributed by atoms with Crippen LogP contribution in [-0.4, -0.2) is 31.7 Å². The number of hydrogen-bond donors (Lipinski definition) is 2. The Kier molecular flexibility index (Phi) is 4.40. The van der Waals surface area contributed by atoms with Crippen LogP contribution in [0.5, 0.6) is 0 Å². The Morgan fingerprint density at radius 3 is 2.82 bits per heavy atom. The number of nitrogens with zero attached hydrogens (tertiary/aromatic N) is 4. The molecule has 8 heteroatoms. The van der Waals surface area contributed by atoms with E-state index < -0.39 is 5.91 Å². The lowest BCUT2D eigenvalue weighted by Gasteiger charge is -2.20. The molecular weight excluding hydrogens is 358 g/mol. The molecule has 1 atom stereocenters. The molecule has 28 heavy (non-hydrogen) atoms. The maximum atomic E-state index is 13.0. The first-order valence-corrected chi connectivity index (χ1v) is 8.83. The van der Waals surface area contributed by atoms with E-state index in [1.54, 1.807) is 52.4 Å². The maximum Gasteiger partial charge on any atom is 0.248 e. The number of pyridine rings is 1. The molecule has 3 aromatic rings. The molecule has 142 valence electrons. The van der Waals surface area contributed by atoms with Gasteiger partial charge < -0.3 is 15.7 Å². The van der Waals surface area contributed by atoms with Gasteiger partial charge in [-0.25, -0.2) is 4.68 Å². The Balaban J connectivity index is 1.78. The molecule has 3 N–H and O–H groups in total. The topological polar surface area (TPSA) is 114 Å². The van der Waals surface area contributed by atoms with Gasteiger partial charge in [0.25, 0.3) is 0 Å². The van der Waals surface area contributed by atoms with Crippen molar-refractivity contribution in [1.82, 2.24) is 14.8 Å². The number of carbonyl (C=O) groups excluding carboxylic acids is 2. The van der Waals surface area contributed by atoms with Crippen LogP contribution in [0.2, 0.25) is 0 Å². The zero-order valence-corrected chi connectivity index (χ0v) is 15.2. The average molecular weight is 377 g/mol. The molecular formula is C20H19N5O3. The molecule has 0 bridgehead atoms. The first-order valence-electron chi connectivity index (χ1n) is 8.83. The summed E-state index contributed by atoms with van der Waals surface area (Å²) >= 11 is 0. The average Bonchev–Trinajstić information content (AvgIpc) is 3.28. The fraction of sp³-hybridized carbons (Fsp3) is 0.200. The highest BCUT2D eigenvalue weighted by Crippen LogP contribution is 2.40. The van der Waals surface area contributed by atoms with Crippen LogP contribution in [0.1, 0.15) is 40.0 Å². The summed E-state index contributed by atoms with van der Waals surface area (Å²) < 4.78 is 1.63. The van der Waals surface area contributed by atoms with Crippen LogP contribution < -0.4 is 10.6 Å². The lowest BCUT2D eigenvalue weighted by atomic mass is 10.1. The fourth-order valence-corrected chi connectivity index (χ4v) is 3.43. The molecule has 3 heterocycles. The number of nitrogens with two attached hydrogens (primary N) is 1. The summed E-state index contributed by atoms with van der Waals surface area (Å²) in [5, 5.41) is 13.6. The summed E-state index contributed by atoms with van der Waals surface area (Å²) in [6.45, 7) is 1.98. The van der Waals surface area contributed by atoms with Crippen molar-refractivity contribution >= 4 is 17.5 Å². The molecule has 0 radical (unpaired) electrons. The fourth-order valence-electron chi connectivity index (χ4n) is 3.43. The number of primary amides is 1. The molecule has 0 saturated carbocycles. The van der Waals surface area contributed by atoms with E-state index in [0.29, 0.717) is 28.2 Å². The van der Waals surface area contributed by atoms with Gasteiger partial charge in [0.05, 0.1) is 42.3 Å². The van der Waals surface area contributed by atoms with Crippen LogP contribution >= 0.6 is 0 Å². The number of aromatic nitrogens is 3. The number of fused-ring (bicyclic) bond motifs is 1. The largest absolute Gasteiger partial charge is 0.392 e. The third-order valence-corrected chi connectivity index (χ3v) is 4.87. The first-order chi connectivity index (χ1) is 13.5. The van der Waals surface area contributed by atoms with Gasteiger partial charge in [-0.05, 0) is 30.7 Å². The minimum absolute atomic E-state index is 0.0750. The normalized spacial score (nSPS) is 15.7. The third kappa shape index (κ3) is 2.93. The second-order valence-corrected chi connectivity index (χ2v) is 6.73. The SMILES string of the molecule is CC1C(=O)N(Cc2cccc(C(N)=O)c2)c2c(-n3cc(CO)cn3)ccnc21. The van der Waals surface area contributed by atoms with Crippen molar-refractivity contribution in [1.29, 1.82) is 0 Å². The van der Waals surface area contributed by atoms with Gasteiger partial charge in [-0.1, -0.05) is 12.1 Å². The van der Waals surface area contributed by atoms with Gasteiger partial charge in [0.1, 0.15) is 0 Å². The van der Waals surface area contributed by atoms with E-state index in [9.17, 15) is 14.7 Å². The van der Waals surface area contributed by atoms with Crippen LogP contribution in [0, 0.1) is 0 Å². The standard InChI is InChI=1S/C20H19N5O3/c1-12-17-18(16(5-6-22-17)25-10-14(11-26)8-23-25)24(20(12)28)9-13-3-2-4-15(7-13)19(21)27/h2-8,10,12,26H,9,11H2,1H3,(H2,21,27). The number of hydrogen-bond acceptors (Lipinski definition) is 5. The molecule has 8 nitrogen and oxygen atoms in total. The number of anilines is 1. The zero-order valence-electron chi connectivity index (χ0n) is 15.2. The summed E-state index contributed by atoms with van der Waals surface area (Å²) in [5.41, 5.74) is 9.28. The Morgan fingerprint density at radius 2 is 2.11 bits per heavy atom. The molecule has 0 spiro atoms. The minimum atomic E-state index is -0.515. The van der Waals surface area contributed by atoms with E-state index in [0.717, 1.165) is 5.56 Å². The van der Waals surface area contributed by atoms with Gasteiger partial charge in [-0.3, -0.25) is 14.6 Å². The number of benzene rings is 1. The monoisotopic (exact) mass is 377 g/mol. The van der Waals surface area contributed by atoms with Gasteiger partial charge in [-0.2, -0.15) is 5.10 Å². The van der Waals surface area contributed by atoms with Gasteiger partial charge in [0.15, 0.2) is 0 Å². The van der Waals surface area contributed by atoms with Gasteiger partial charge >= 0.3 is 0 Å². The molecule has 2 amide bonds. The van der Waals surface area contributed by atoms with Crippen molar-refractivity contribution in [2.24, 2.45) is 5.73 Å². The van der Waals surface area contributed by atoms with Gasteiger partial charge in [0.2, 0.25) is 11.8 Å². The van der Waals surface area contributed by atoms with Crippen molar-refractivity contribution in [3.8, 4) is 5.69 Å². The summed E-state index contributed by atoms with van der Waals surface area (Å²) in [6.07, 6.45) is 4.94. The molecule has 1 aromatic carbocycles. The Bertz CT molecular complexity index is 1080. The molecule has 1 aliphatic heterocycles. The van der Waals surface area contributed by atoms with Crippen molar-refractivity contribution < 1.29 is 14.7 Å². The molecule has 0 saturated heterocycles. The van der Waals surface area contributed by atoms with Crippen LogP contribution in [0.3, 0.4) is 0 Å². The lowest BCUT2D eigenvalue weighted by molar-refractivity contribution is -0.119. The van der Waals surface area contributed by atoms with Crippen LogP contribution in [0.15, 0.2) is 48.9 Å². The highest BCUT2D eigenvalue weighted by atomic mass is 16.3. The second-order valence-electron chi connectivity index (χ2n) is 6.73. The van der Waals surface area contributed by atoms with Gasteiger partial charge in [-0.15, -0.1) is 0 Å². The van der Waals surface area contributed by atoms with Crippen molar-refractivity contribution in [3.63, 3.8) is 0 Å². The molecule has 0 fully saturated rings. The Morgan fingerprint density at radius 1 is 1.29 bits per heavy atom. The quantitative estimate of drug-likeness (QED) is 0.699. The van der Waals surface area contributed by atoms with Crippen molar-refractivity contribution in [3.05, 3.63) is 71.3 Å². The summed E-state index contributed by atoms with van der Waals surface area (Å²) in [4.78, 5) is 30.5. The smallest absolute Gasteiger partial charge is 0.248 e. The molecule has 2 aromatic heterocycles. The summed E-state index contributed by atoms with van der Waals surface area (Å²) in [5.74, 6) is -0.977. The predicted molar refractivity (Wildman–Crippen MR) is 102 cm³/mol. The maximum absolute atomic E-state index is 13.0. The van der Waals surface area contributed by atoms with Crippen LogP contribution in [-0.2, 0) is 17.9 Å². The molecule has 1 aliphatic rings. The van der Waals surface area contributed by atoms with E-state index >= 15 is 0 Å². The molecule has 1 unspecified atom stereocenters. The van der Waals surface area contributed by atoms with Crippen molar-refractivity contribution in [2.75, 3.05) is 4.90 Å². The van der Waals surface area contributed by atoms with E-state index in [-0.39, 0.29) is 25.0 Å². The van der Waals surface area contributed by atoms with E-state index in [2.05, 4.69) is 10.1 Å². The number of aliphatic hydroxyl groups excluding tert-OH is 1. The van der Waals surface area contributed by atoms with Crippen LogP contribution in [0.4, 0.5) is 5.69 Å². The summed E-state index contributed by atoms with van der Waals surface area (Å²) in [6, 6.07) is 8.69. The number of aliphatic hydroxyl groups is 1. The highest BCUT2D eigenvalue weighted by Gasteiger charge is 2.38. The predicted octanol–water partition coefficient (Wildman–Crippen LogP) is 1.51. The zero-order chi connectivity index (χ0) is 19.8. The highest BCUT2D eigenvalue weighted by molar-refractivity contribution is 6.06. The number of rotatable bonds is 5.